The molecule has 1 N–H and O–H groups in total. The molecule has 7 heteroatoms. The number of hydrogen-bond acceptors (Lipinski definition) is 6. The van der Waals surface area contributed by atoms with Crippen molar-refractivity contribution in [2.24, 2.45) is 0 Å². The smallest absolute Gasteiger partial charge is 0.337 e. The highest BCUT2D eigenvalue weighted by atomic mass is 16.5. The molecule has 0 fully saturated rings. The maximum atomic E-state index is 12.3. The first-order valence-electron chi connectivity index (χ1n) is 7.12. The van der Waals surface area contributed by atoms with Gasteiger partial charge in [0.2, 0.25) is 0 Å². The summed E-state index contributed by atoms with van der Waals surface area (Å²) in [6, 6.07) is 8.01. The molecule has 0 aliphatic carbocycles. The van der Waals surface area contributed by atoms with Crippen molar-refractivity contribution in [3.05, 3.63) is 53.3 Å². The Labute approximate surface area is 139 Å². The summed E-state index contributed by atoms with van der Waals surface area (Å²) in [7, 11) is 4.33. The molecule has 0 unspecified atom stereocenters. The van der Waals surface area contributed by atoms with Crippen LogP contribution in [0.3, 0.4) is 0 Å². The second-order valence-corrected chi connectivity index (χ2v) is 4.81. The molecule has 2 aromatic rings. The monoisotopic (exact) mass is 330 g/mol. The van der Waals surface area contributed by atoms with Gasteiger partial charge in [-0.3, -0.25) is 9.78 Å². The molecule has 1 aromatic heterocycles. The molecule has 0 saturated heterocycles. The molecule has 7 nitrogen and oxygen atoms in total. The van der Waals surface area contributed by atoms with Crippen LogP contribution in [0.5, 0.6) is 11.5 Å². The molecule has 0 aliphatic heterocycles. The van der Waals surface area contributed by atoms with Gasteiger partial charge in [0.15, 0.2) is 0 Å². The molecule has 1 amide bonds. The summed E-state index contributed by atoms with van der Waals surface area (Å²) in [5, 5.41) is 2.74. The van der Waals surface area contributed by atoms with Crippen LogP contribution in [0.2, 0.25) is 0 Å². The van der Waals surface area contributed by atoms with Crippen molar-refractivity contribution in [1.29, 1.82) is 0 Å². The van der Waals surface area contributed by atoms with Gasteiger partial charge in [-0.25, -0.2) is 4.79 Å². The van der Waals surface area contributed by atoms with Gasteiger partial charge in [-0.05, 0) is 24.3 Å². The quantitative estimate of drug-likeness (QED) is 0.813. The van der Waals surface area contributed by atoms with Gasteiger partial charge in [-0.1, -0.05) is 0 Å². The number of carbonyl (C=O) groups is 2. The minimum atomic E-state index is -0.456. The van der Waals surface area contributed by atoms with Crippen LogP contribution in [-0.4, -0.2) is 38.2 Å². The van der Waals surface area contributed by atoms with Crippen molar-refractivity contribution in [2.45, 2.75) is 6.54 Å². The van der Waals surface area contributed by atoms with Crippen LogP contribution in [-0.2, 0) is 11.3 Å². The van der Waals surface area contributed by atoms with E-state index in [9.17, 15) is 9.59 Å². The molecule has 0 bridgehead atoms. The number of pyridine rings is 1. The number of benzene rings is 1. The van der Waals surface area contributed by atoms with E-state index in [2.05, 4.69) is 15.0 Å². The summed E-state index contributed by atoms with van der Waals surface area (Å²) in [5.41, 5.74) is 1.32. The summed E-state index contributed by atoms with van der Waals surface area (Å²) < 4.78 is 14.9. The van der Waals surface area contributed by atoms with Gasteiger partial charge in [0.25, 0.3) is 5.91 Å². The minimum Gasteiger partial charge on any atom is -0.497 e. The lowest BCUT2D eigenvalue weighted by molar-refractivity contribution is 0.0600. The van der Waals surface area contributed by atoms with Gasteiger partial charge in [0.05, 0.1) is 39.1 Å². The Morgan fingerprint density at radius 2 is 1.67 bits per heavy atom. The average Bonchev–Trinajstić information content (AvgIpc) is 2.65. The fraction of sp³-hybridized carbons (Fsp3) is 0.235. The Morgan fingerprint density at radius 3 is 2.25 bits per heavy atom. The van der Waals surface area contributed by atoms with Gasteiger partial charge in [-0.2, -0.15) is 0 Å². The Bertz CT molecular complexity index is 723. The minimum absolute atomic E-state index is 0.170. The molecule has 0 radical (unpaired) electrons. The van der Waals surface area contributed by atoms with E-state index in [0.717, 1.165) is 0 Å². The van der Waals surface area contributed by atoms with Gasteiger partial charge in [-0.15, -0.1) is 0 Å². The number of rotatable bonds is 6. The van der Waals surface area contributed by atoms with E-state index in [1.807, 2.05) is 0 Å². The third-order valence-corrected chi connectivity index (χ3v) is 3.28. The molecule has 0 saturated carbocycles. The summed E-state index contributed by atoms with van der Waals surface area (Å²) in [4.78, 5) is 27.9. The highest BCUT2D eigenvalue weighted by Gasteiger charge is 2.11. The molecule has 0 aliphatic rings. The standard InChI is InChI=1S/C17H18N2O5/c1-22-14-7-12(8-15(9-14)23-2)16(20)19-10-13-6-11(4-5-18-13)17(21)24-3/h4-9H,10H2,1-3H3,(H,19,20). The van der Waals surface area contributed by atoms with Crippen molar-refractivity contribution < 1.29 is 23.8 Å². The highest BCUT2D eigenvalue weighted by molar-refractivity contribution is 5.95. The number of hydrogen-bond donors (Lipinski definition) is 1. The predicted molar refractivity (Wildman–Crippen MR) is 86.3 cm³/mol. The third-order valence-electron chi connectivity index (χ3n) is 3.28. The van der Waals surface area contributed by atoms with Crippen molar-refractivity contribution in [2.75, 3.05) is 21.3 Å². The van der Waals surface area contributed by atoms with Gasteiger partial charge >= 0.3 is 5.97 Å². The number of aromatic nitrogens is 1. The van der Waals surface area contributed by atoms with E-state index < -0.39 is 5.97 Å². The molecular weight excluding hydrogens is 312 g/mol. The summed E-state index contributed by atoms with van der Waals surface area (Å²) in [5.74, 6) is 0.274. The second-order valence-electron chi connectivity index (χ2n) is 4.81. The van der Waals surface area contributed by atoms with Crippen molar-refractivity contribution in [3.63, 3.8) is 0 Å². The van der Waals surface area contributed by atoms with E-state index in [0.29, 0.717) is 28.3 Å². The summed E-state index contributed by atoms with van der Waals surface area (Å²) >= 11 is 0. The second kappa shape index (κ2) is 7.96. The van der Waals surface area contributed by atoms with Crippen LogP contribution in [0.25, 0.3) is 0 Å². The number of carbonyl (C=O) groups excluding carboxylic acids is 2. The normalized spacial score (nSPS) is 9.96. The molecule has 24 heavy (non-hydrogen) atoms. The molecule has 0 atom stereocenters. The zero-order valence-corrected chi connectivity index (χ0v) is 13.7. The van der Waals surface area contributed by atoms with E-state index in [4.69, 9.17) is 9.47 Å². The Morgan fingerprint density at radius 1 is 1.00 bits per heavy atom. The Kier molecular flexibility index (Phi) is 5.73. The lowest BCUT2D eigenvalue weighted by atomic mass is 10.1. The summed E-state index contributed by atoms with van der Waals surface area (Å²) in [6.45, 7) is 0.170. The number of nitrogens with one attached hydrogen (secondary N) is 1. The zero-order valence-electron chi connectivity index (χ0n) is 13.7. The van der Waals surface area contributed by atoms with Crippen LogP contribution in [0.4, 0.5) is 0 Å². The van der Waals surface area contributed by atoms with Gasteiger partial charge in [0, 0.05) is 17.8 Å². The molecule has 1 aromatic carbocycles. The van der Waals surface area contributed by atoms with Crippen LogP contribution >= 0.6 is 0 Å². The van der Waals surface area contributed by atoms with E-state index >= 15 is 0 Å². The number of ether oxygens (including phenoxy) is 3. The van der Waals surface area contributed by atoms with Gasteiger partial charge < -0.3 is 19.5 Å². The van der Waals surface area contributed by atoms with Crippen molar-refractivity contribution >= 4 is 11.9 Å². The zero-order chi connectivity index (χ0) is 17.5. The predicted octanol–water partition coefficient (Wildman–Crippen LogP) is 1.82. The van der Waals surface area contributed by atoms with Crippen LogP contribution in [0.1, 0.15) is 26.4 Å². The van der Waals surface area contributed by atoms with E-state index in [-0.39, 0.29) is 12.5 Å². The number of nitrogens with zero attached hydrogens (tertiary/aromatic N) is 1. The lowest BCUT2D eigenvalue weighted by Gasteiger charge is -2.09. The molecule has 1 heterocycles. The van der Waals surface area contributed by atoms with E-state index in [1.165, 1.54) is 27.5 Å². The molecule has 0 spiro atoms. The summed E-state index contributed by atoms with van der Waals surface area (Å²) in [6.07, 6.45) is 1.49. The van der Waals surface area contributed by atoms with Crippen molar-refractivity contribution in [3.8, 4) is 11.5 Å². The molecular formula is C17H18N2O5. The largest absolute Gasteiger partial charge is 0.497 e. The SMILES string of the molecule is COC(=O)c1ccnc(CNC(=O)c2cc(OC)cc(OC)c2)c1. The number of amides is 1. The Hall–Kier alpha value is -3.09. The van der Waals surface area contributed by atoms with E-state index in [1.54, 1.807) is 30.3 Å². The van der Waals surface area contributed by atoms with Gasteiger partial charge in [0.1, 0.15) is 11.5 Å². The van der Waals surface area contributed by atoms with Crippen molar-refractivity contribution in [1.82, 2.24) is 10.3 Å². The Balaban J connectivity index is 2.09. The van der Waals surface area contributed by atoms with Crippen LogP contribution < -0.4 is 14.8 Å². The lowest BCUT2D eigenvalue weighted by Crippen LogP contribution is -2.23. The topological polar surface area (TPSA) is 86.8 Å². The fourth-order valence-electron chi connectivity index (χ4n) is 2.03. The molecule has 126 valence electrons. The first-order valence-corrected chi connectivity index (χ1v) is 7.12. The number of methoxy groups -OCH3 is 3. The third kappa shape index (κ3) is 4.22. The maximum Gasteiger partial charge on any atom is 0.337 e. The first-order chi connectivity index (χ1) is 11.6. The fourth-order valence-corrected chi connectivity index (χ4v) is 2.03. The van der Waals surface area contributed by atoms with Crippen LogP contribution in [0.15, 0.2) is 36.5 Å². The first kappa shape index (κ1) is 17.3. The average molecular weight is 330 g/mol. The maximum absolute atomic E-state index is 12.3. The molecule has 2 rings (SSSR count). The van der Waals surface area contributed by atoms with Crippen LogP contribution in [0, 0.1) is 0 Å². The highest BCUT2D eigenvalue weighted by Crippen LogP contribution is 2.22. The number of esters is 1.